The van der Waals surface area contributed by atoms with Crippen LogP contribution in [0.15, 0.2) is 18.6 Å². The van der Waals surface area contributed by atoms with Gasteiger partial charge in [0.05, 0.1) is 18.3 Å². The molecule has 0 amide bonds. The van der Waals surface area contributed by atoms with Crippen LogP contribution in [0, 0.1) is 0 Å². The molecule has 0 aliphatic heterocycles. The molecule has 2 aromatic rings. The van der Waals surface area contributed by atoms with Gasteiger partial charge in [0, 0.05) is 19.4 Å². The van der Waals surface area contributed by atoms with Gasteiger partial charge >= 0.3 is 0 Å². The number of aromatic nitrogens is 3. The minimum Gasteiger partial charge on any atom is -0.394 e. The number of nitrogens with one attached hydrogen (secondary N) is 2. The lowest BCUT2D eigenvalue weighted by molar-refractivity contribution is 0.218. The van der Waals surface area contributed by atoms with E-state index in [0.29, 0.717) is 5.82 Å². The SMILES string of the molecule is CCC(C)(CO)Nc1nc(NC)cn2ccnc12. The average Bonchev–Trinajstić information content (AvgIpc) is 2.86. The summed E-state index contributed by atoms with van der Waals surface area (Å²) in [6.45, 7) is 4.02. The van der Waals surface area contributed by atoms with Gasteiger partial charge in [0.25, 0.3) is 0 Å². The lowest BCUT2D eigenvalue weighted by Gasteiger charge is -2.28. The van der Waals surface area contributed by atoms with Crippen molar-refractivity contribution in [1.29, 1.82) is 0 Å². The fourth-order valence-electron chi connectivity index (χ4n) is 1.66. The van der Waals surface area contributed by atoms with E-state index in [1.807, 2.05) is 37.7 Å². The minimum absolute atomic E-state index is 0.0435. The molecule has 0 radical (unpaired) electrons. The average molecular weight is 249 g/mol. The first-order valence-corrected chi connectivity index (χ1v) is 6.02. The smallest absolute Gasteiger partial charge is 0.180 e. The van der Waals surface area contributed by atoms with Gasteiger partial charge in [-0.1, -0.05) is 6.92 Å². The lowest BCUT2D eigenvalue weighted by Crippen LogP contribution is -2.38. The van der Waals surface area contributed by atoms with Crippen molar-refractivity contribution in [3.8, 4) is 0 Å². The maximum Gasteiger partial charge on any atom is 0.180 e. The number of nitrogens with zero attached hydrogens (tertiary/aromatic N) is 3. The number of aliphatic hydroxyl groups is 1. The topological polar surface area (TPSA) is 74.5 Å². The third-order valence-corrected chi connectivity index (χ3v) is 3.18. The summed E-state index contributed by atoms with van der Waals surface area (Å²) in [5.74, 6) is 1.42. The maximum atomic E-state index is 9.46. The molecular formula is C12H19N5O. The largest absolute Gasteiger partial charge is 0.394 e. The molecule has 1 unspecified atom stereocenters. The molecular weight excluding hydrogens is 230 g/mol. The Balaban J connectivity index is 2.45. The van der Waals surface area contributed by atoms with Crippen molar-refractivity contribution in [2.75, 3.05) is 24.3 Å². The Bertz CT molecular complexity index is 532. The molecule has 0 aliphatic rings. The highest BCUT2D eigenvalue weighted by atomic mass is 16.3. The van der Waals surface area contributed by atoms with Gasteiger partial charge < -0.3 is 20.1 Å². The molecule has 98 valence electrons. The van der Waals surface area contributed by atoms with Crippen molar-refractivity contribution < 1.29 is 5.11 Å². The van der Waals surface area contributed by atoms with Crippen LogP contribution in [-0.4, -0.2) is 38.7 Å². The Labute approximate surface area is 106 Å². The standard InChI is InChI=1S/C12H19N5O/c1-4-12(2,8-18)16-10-11-14-5-6-17(11)7-9(13-3)15-10/h5-7,13,18H,4,8H2,1-3H3,(H,15,16). The van der Waals surface area contributed by atoms with Gasteiger partial charge in [0.15, 0.2) is 11.5 Å². The van der Waals surface area contributed by atoms with Gasteiger partial charge in [-0.15, -0.1) is 0 Å². The van der Waals surface area contributed by atoms with Crippen molar-refractivity contribution in [2.24, 2.45) is 0 Å². The highest BCUT2D eigenvalue weighted by molar-refractivity contribution is 5.66. The summed E-state index contributed by atoms with van der Waals surface area (Å²) in [5, 5.41) is 15.7. The number of hydrogen-bond donors (Lipinski definition) is 3. The number of anilines is 2. The van der Waals surface area contributed by atoms with Crippen LogP contribution in [0.25, 0.3) is 5.65 Å². The van der Waals surface area contributed by atoms with E-state index in [4.69, 9.17) is 0 Å². The van der Waals surface area contributed by atoms with Crippen molar-refractivity contribution in [3.63, 3.8) is 0 Å². The van der Waals surface area contributed by atoms with E-state index in [1.165, 1.54) is 0 Å². The molecule has 0 bridgehead atoms. The summed E-state index contributed by atoms with van der Waals surface area (Å²) in [7, 11) is 1.82. The molecule has 2 rings (SSSR count). The lowest BCUT2D eigenvalue weighted by atomic mass is 10.0. The van der Waals surface area contributed by atoms with Gasteiger partial charge in [-0.3, -0.25) is 0 Å². The molecule has 0 aromatic carbocycles. The molecule has 2 aromatic heterocycles. The summed E-state index contributed by atoms with van der Waals surface area (Å²) in [6.07, 6.45) is 6.26. The van der Waals surface area contributed by atoms with E-state index < -0.39 is 5.54 Å². The summed E-state index contributed by atoms with van der Waals surface area (Å²) in [4.78, 5) is 8.73. The molecule has 18 heavy (non-hydrogen) atoms. The number of fused-ring (bicyclic) bond motifs is 1. The number of aliphatic hydroxyl groups excluding tert-OH is 1. The van der Waals surface area contributed by atoms with E-state index >= 15 is 0 Å². The molecule has 0 aliphatic carbocycles. The molecule has 1 atom stereocenters. The van der Waals surface area contributed by atoms with Crippen LogP contribution in [0.1, 0.15) is 20.3 Å². The first-order valence-electron chi connectivity index (χ1n) is 6.02. The molecule has 6 nitrogen and oxygen atoms in total. The van der Waals surface area contributed by atoms with Crippen LogP contribution in [0.4, 0.5) is 11.6 Å². The monoisotopic (exact) mass is 249 g/mol. The Morgan fingerprint density at radius 2 is 2.28 bits per heavy atom. The number of imidazole rings is 1. The molecule has 0 saturated heterocycles. The fraction of sp³-hybridized carbons (Fsp3) is 0.500. The van der Waals surface area contributed by atoms with Crippen LogP contribution in [0.2, 0.25) is 0 Å². The van der Waals surface area contributed by atoms with Gasteiger partial charge in [0.1, 0.15) is 5.82 Å². The van der Waals surface area contributed by atoms with Crippen LogP contribution in [-0.2, 0) is 0 Å². The predicted molar refractivity (Wildman–Crippen MR) is 71.9 cm³/mol. The molecule has 0 saturated carbocycles. The maximum absolute atomic E-state index is 9.46. The first-order chi connectivity index (χ1) is 8.61. The van der Waals surface area contributed by atoms with Crippen LogP contribution >= 0.6 is 0 Å². The van der Waals surface area contributed by atoms with Crippen molar-refractivity contribution in [2.45, 2.75) is 25.8 Å². The summed E-state index contributed by atoms with van der Waals surface area (Å²) >= 11 is 0. The molecule has 3 N–H and O–H groups in total. The Hall–Kier alpha value is -1.82. The Morgan fingerprint density at radius 3 is 2.89 bits per heavy atom. The fourth-order valence-corrected chi connectivity index (χ4v) is 1.66. The predicted octanol–water partition coefficient (Wildman–Crippen LogP) is 1.34. The van der Waals surface area contributed by atoms with E-state index in [-0.39, 0.29) is 6.61 Å². The highest BCUT2D eigenvalue weighted by Gasteiger charge is 2.22. The van der Waals surface area contributed by atoms with Crippen molar-refractivity contribution in [1.82, 2.24) is 14.4 Å². The minimum atomic E-state index is -0.397. The second kappa shape index (κ2) is 4.81. The van der Waals surface area contributed by atoms with Crippen molar-refractivity contribution in [3.05, 3.63) is 18.6 Å². The zero-order valence-corrected chi connectivity index (χ0v) is 10.9. The highest BCUT2D eigenvalue weighted by Crippen LogP contribution is 2.21. The first kappa shape index (κ1) is 12.6. The normalized spacial score (nSPS) is 14.4. The molecule has 0 spiro atoms. The van der Waals surface area contributed by atoms with Crippen LogP contribution < -0.4 is 10.6 Å². The van der Waals surface area contributed by atoms with E-state index in [1.54, 1.807) is 6.20 Å². The third kappa shape index (κ3) is 2.24. The van der Waals surface area contributed by atoms with Crippen molar-refractivity contribution >= 4 is 17.3 Å². The second-order valence-corrected chi connectivity index (χ2v) is 4.58. The van der Waals surface area contributed by atoms with E-state index in [9.17, 15) is 5.11 Å². The number of hydrogen-bond acceptors (Lipinski definition) is 5. The van der Waals surface area contributed by atoms with E-state index in [0.717, 1.165) is 17.9 Å². The quantitative estimate of drug-likeness (QED) is 0.745. The van der Waals surface area contributed by atoms with Gasteiger partial charge in [-0.05, 0) is 13.3 Å². The summed E-state index contributed by atoms with van der Waals surface area (Å²) in [5.41, 5.74) is 0.355. The zero-order chi connectivity index (χ0) is 13.2. The molecule has 6 heteroatoms. The van der Waals surface area contributed by atoms with E-state index in [2.05, 4.69) is 20.6 Å². The Morgan fingerprint density at radius 1 is 1.50 bits per heavy atom. The van der Waals surface area contributed by atoms with Gasteiger partial charge in [-0.25, -0.2) is 9.97 Å². The molecule has 2 heterocycles. The third-order valence-electron chi connectivity index (χ3n) is 3.18. The second-order valence-electron chi connectivity index (χ2n) is 4.58. The van der Waals surface area contributed by atoms with Gasteiger partial charge in [0.2, 0.25) is 0 Å². The Kier molecular flexibility index (Phi) is 3.38. The summed E-state index contributed by atoms with van der Waals surface area (Å²) < 4.78 is 1.90. The van der Waals surface area contributed by atoms with Crippen LogP contribution in [0.5, 0.6) is 0 Å². The summed E-state index contributed by atoms with van der Waals surface area (Å²) in [6, 6.07) is 0. The van der Waals surface area contributed by atoms with Crippen LogP contribution in [0.3, 0.4) is 0 Å². The number of rotatable bonds is 5. The molecule has 0 fully saturated rings. The zero-order valence-electron chi connectivity index (χ0n) is 10.9. The van der Waals surface area contributed by atoms with Gasteiger partial charge in [-0.2, -0.15) is 0 Å².